The molecule has 5 heterocycles. The summed E-state index contributed by atoms with van der Waals surface area (Å²) in [6.07, 6.45) is -0.0137. The molecule has 236 valence electrons. The number of nitrogens with zero attached hydrogens (tertiary/aromatic N) is 4. The molecular weight excluding hydrogens is 597 g/mol. The van der Waals surface area contributed by atoms with Crippen molar-refractivity contribution in [2.45, 2.75) is 90.6 Å². The number of hydrogen-bond acceptors (Lipinski definition) is 8. The van der Waals surface area contributed by atoms with E-state index in [2.05, 4.69) is 13.8 Å². The van der Waals surface area contributed by atoms with E-state index in [1.807, 2.05) is 39.0 Å². The van der Waals surface area contributed by atoms with E-state index in [9.17, 15) is 24.9 Å². The van der Waals surface area contributed by atoms with Crippen molar-refractivity contribution < 1.29 is 29.6 Å². The van der Waals surface area contributed by atoms with Gasteiger partial charge < -0.3 is 34.8 Å². The normalized spacial score (nSPS) is 21.7. The Kier molecular flexibility index (Phi) is 9.15. The summed E-state index contributed by atoms with van der Waals surface area (Å²) >= 11 is 0. The number of carbonyl (C=O) groups excluding carboxylic acids is 2. The molecule has 0 amide bonds. The van der Waals surface area contributed by atoms with E-state index >= 15 is 0 Å². The van der Waals surface area contributed by atoms with E-state index in [1.165, 1.54) is 7.11 Å². The van der Waals surface area contributed by atoms with Crippen LogP contribution in [0, 0.1) is 6.92 Å². The van der Waals surface area contributed by atoms with E-state index in [0.29, 0.717) is 50.5 Å². The van der Waals surface area contributed by atoms with Gasteiger partial charge in [-0.2, -0.15) is 5.69 Å². The Bertz CT molecular complexity index is 1900. The van der Waals surface area contributed by atoms with Gasteiger partial charge in [0.1, 0.15) is 0 Å². The van der Waals surface area contributed by atoms with E-state index in [1.54, 1.807) is 6.92 Å². The molecule has 46 heavy (non-hydrogen) atoms. The minimum atomic E-state index is -1.20. The summed E-state index contributed by atoms with van der Waals surface area (Å²) in [4.78, 5) is 44.7. The molecule has 2 aromatic heterocycles. The van der Waals surface area contributed by atoms with Crippen molar-refractivity contribution in [2.24, 2.45) is 0 Å². The largest absolute Gasteiger partial charge is 2.00 e. The van der Waals surface area contributed by atoms with Gasteiger partial charge in [0.05, 0.1) is 30.2 Å². The molecule has 1 aliphatic carbocycles. The number of hydrogen-bond donors (Lipinski definition) is 1. The number of allylic oxidation sites excluding steroid dienone is 1. The molecule has 4 aliphatic rings. The van der Waals surface area contributed by atoms with Crippen LogP contribution in [0.1, 0.15) is 128 Å². The Hall–Kier alpha value is -3.67. The quantitative estimate of drug-likeness (QED) is 0.370. The van der Waals surface area contributed by atoms with E-state index in [4.69, 9.17) is 24.7 Å². The van der Waals surface area contributed by atoms with Crippen molar-refractivity contribution in [3.05, 3.63) is 69.1 Å². The number of esters is 1. The van der Waals surface area contributed by atoms with Crippen LogP contribution in [0.3, 0.4) is 0 Å². The molecule has 0 saturated carbocycles. The summed E-state index contributed by atoms with van der Waals surface area (Å²) in [5, 5.41) is 36.4. The Morgan fingerprint density at radius 3 is 2.37 bits per heavy atom. The second-order valence-corrected chi connectivity index (χ2v) is 12.4. The van der Waals surface area contributed by atoms with Crippen LogP contribution >= 0.6 is 0 Å². The summed E-state index contributed by atoms with van der Waals surface area (Å²) < 4.78 is 5.07. The topological polar surface area (TPSA) is 164 Å². The maximum atomic E-state index is 13.9. The van der Waals surface area contributed by atoms with E-state index in [0.717, 1.165) is 23.4 Å². The van der Waals surface area contributed by atoms with Crippen LogP contribution in [0.15, 0.2) is 18.2 Å². The summed E-state index contributed by atoms with van der Waals surface area (Å²) in [5.74, 6) is -3.06. The predicted molar refractivity (Wildman–Crippen MR) is 171 cm³/mol. The number of aliphatic hydroxyl groups is 1. The molecule has 10 nitrogen and oxygen atoms in total. The minimum Gasteiger partial charge on any atom is -0.871 e. The molecule has 3 aliphatic heterocycles. The van der Waals surface area contributed by atoms with Crippen LogP contribution in [-0.4, -0.2) is 63.3 Å². The van der Waals surface area contributed by atoms with Crippen molar-refractivity contribution in [2.75, 3.05) is 7.11 Å². The van der Waals surface area contributed by atoms with Crippen LogP contribution in [0.5, 0.6) is 0 Å². The first-order chi connectivity index (χ1) is 21.4. The van der Waals surface area contributed by atoms with Gasteiger partial charge in [0.25, 0.3) is 0 Å². The second-order valence-electron chi connectivity index (χ2n) is 12.4. The molecule has 5 atom stereocenters. The molecule has 0 fully saturated rings. The van der Waals surface area contributed by atoms with Gasteiger partial charge in [-0.15, -0.1) is 16.7 Å². The zero-order valence-corrected chi connectivity index (χ0v) is 28.6. The molecule has 1 unspecified atom stereocenters. The molecule has 6 rings (SSSR count). The smallest absolute Gasteiger partial charge is 0.871 e. The number of carboxylic acids is 1. The summed E-state index contributed by atoms with van der Waals surface area (Å²) in [5.41, 5.74) is 7.47. The standard InChI is InChI=1S/C35H40N4O6.Mg/c1-8-19-14(2)21-13-26-28(18(6)40)16(4)23(37-26)11-22-15(3)20(9-10-27(41)42)32(38-22)30-31(35(44)45-7)34(43)29-17(5)24(39-33(29)30)12-25(19)36-21;/h11-15,18-20,40H,8-10H2,1-7H3,(H4,36,37,38,39,41,42,43,44);/q;+2/p-4/t14-,15+,18?,19-,20+;/m1./s1. The first kappa shape index (κ1) is 33.7. The third-order valence-corrected chi connectivity index (χ3v) is 9.87. The molecule has 1 N–H and O–H groups in total. The number of ether oxygens (including phenoxy) is 1. The van der Waals surface area contributed by atoms with Crippen LogP contribution in [0.25, 0.3) is 33.5 Å². The van der Waals surface area contributed by atoms with Crippen molar-refractivity contribution in [1.82, 2.24) is 19.9 Å². The van der Waals surface area contributed by atoms with Gasteiger partial charge in [-0.3, -0.25) is 4.98 Å². The number of aromatic nitrogens is 4. The number of fused-ring (bicyclic) bond motifs is 8. The maximum Gasteiger partial charge on any atom is 2.00 e. The fourth-order valence-electron chi connectivity index (χ4n) is 7.36. The van der Waals surface area contributed by atoms with Crippen molar-refractivity contribution in [1.29, 1.82) is 0 Å². The Morgan fingerprint density at radius 1 is 1.02 bits per heavy atom. The van der Waals surface area contributed by atoms with Gasteiger partial charge in [-0.05, 0) is 74.6 Å². The van der Waals surface area contributed by atoms with Crippen molar-refractivity contribution in [3.63, 3.8) is 0 Å². The molecule has 0 radical (unpaired) electrons. The summed E-state index contributed by atoms with van der Waals surface area (Å²) in [7, 11) is 1.22. The molecule has 11 heteroatoms. The third kappa shape index (κ3) is 5.22. The molecule has 0 spiro atoms. The summed E-state index contributed by atoms with van der Waals surface area (Å²) in [6, 6.07) is 5.71. The zero-order valence-electron chi connectivity index (χ0n) is 27.2. The number of aliphatic carboxylic acids is 1. The van der Waals surface area contributed by atoms with E-state index in [-0.39, 0.29) is 64.8 Å². The molecule has 0 saturated heterocycles. The van der Waals surface area contributed by atoms with Gasteiger partial charge in [-0.1, -0.05) is 44.2 Å². The van der Waals surface area contributed by atoms with Crippen LogP contribution in [-0.2, 0) is 14.3 Å². The zero-order chi connectivity index (χ0) is 32.5. The molecule has 8 bridgehead atoms. The van der Waals surface area contributed by atoms with Crippen LogP contribution in [0.2, 0.25) is 0 Å². The van der Waals surface area contributed by atoms with Gasteiger partial charge in [0, 0.05) is 34.8 Å². The maximum absolute atomic E-state index is 13.9. The average molecular weight is 633 g/mol. The number of aryl methyl sites for hydroxylation is 1. The first-order valence-corrected chi connectivity index (χ1v) is 15.4. The predicted octanol–water partition coefficient (Wildman–Crippen LogP) is 2.96. The number of carbonyl (C=O) groups is 2. The van der Waals surface area contributed by atoms with Gasteiger partial charge in [0.15, 0.2) is 0 Å². The van der Waals surface area contributed by atoms with Gasteiger partial charge in [-0.25, -0.2) is 9.78 Å². The van der Waals surface area contributed by atoms with Crippen molar-refractivity contribution in [3.8, 4) is 0 Å². The molecule has 2 aromatic rings. The fraction of sp³-hybridized carbons (Fsp3) is 0.429. The monoisotopic (exact) mass is 632 g/mol. The summed E-state index contributed by atoms with van der Waals surface area (Å²) in [6.45, 7) is 11.6. The molecular formula is C35H36MgN4O6-2. The first-order valence-electron chi connectivity index (χ1n) is 15.4. The SMILES string of the molecule is CC[C@H]1c2cc3[n-]c4c(c5[n-]c(cc6nc(cc(n2)[C@@H]1C)C(C(C)O)=C6C)[C@@H](C)[C@@H]5CCC(=O)[O-])C(C(=O)OC)=C([O-])c4c3C.[Mg+2]. The fourth-order valence-corrected chi connectivity index (χ4v) is 7.36. The number of aliphatic hydroxyl groups excluding tert-OH is 1. The van der Waals surface area contributed by atoms with Crippen LogP contribution < -0.4 is 20.2 Å². The van der Waals surface area contributed by atoms with Crippen molar-refractivity contribution >= 4 is 68.5 Å². The Labute approximate surface area is 283 Å². The average Bonchev–Trinajstić information content (AvgIpc) is 3.72. The Balaban J connectivity index is 0.00000417. The molecule has 0 aromatic carbocycles. The van der Waals surface area contributed by atoms with Gasteiger partial charge >= 0.3 is 29.0 Å². The number of carboxylic acid groups (broad SMARTS) is 1. The third-order valence-electron chi connectivity index (χ3n) is 9.87. The number of methoxy groups -OCH3 is 1. The van der Waals surface area contributed by atoms with Gasteiger partial charge in [0.2, 0.25) is 0 Å². The number of rotatable bonds is 6. The van der Waals surface area contributed by atoms with Crippen LogP contribution in [0.4, 0.5) is 0 Å². The second kappa shape index (κ2) is 12.5. The minimum absolute atomic E-state index is 0. The van der Waals surface area contributed by atoms with E-state index < -0.39 is 29.7 Å². The Morgan fingerprint density at radius 2 is 1.74 bits per heavy atom.